The minimum atomic E-state index is -3.58. The molecule has 20 heavy (non-hydrogen) atoms. The summed E-state index contributed by atoms with van der Waals surface area (Å²) in [5.41, 5.74) is 6.17. The molecule has 1 aliphatic heterocycles. The first-order chi connectivity index (χ1) is 9.40. The van der Waals surface area contributed by atoms with Gasteiger partial charge in [-0.2, -0.15) is 4.31 Å². The zero-order valence-electron chi connectivity index (χ0n) is 11.2. The molecule has 2 unspecified atom stereocenters. The smallest absolute Gasteiger partial charge is 0.243 e. The van der Waals surface area contributed by atoms with Gasteiger partial charge in [0.2, 0.25) is 10.0 Å². The van der Waals surface area contributed by atoms with E-state index in [2.05, 4.69) is 15.9 Å². The van der Waals surface area contributed by atoms with Gasteiger partial charge in [0.15, 0.2) is 0 Å². The van der Waals surface area contributed by atoms with Crippen LogP contribution in [0.25, 0.3) is 0 Å². The monoisotopic (exact) mass is 364 g/mol. The van der Waals surface area contributed by atoms with Crippen LogP contribution in [0.3, 0.4) is 0 Å². The number of nitrogens with two attached hydrogens (primary N) is 1. The van der Waals surface area contributed by atoms with Crippen LogP contribution in [0.5, 0.6) is 0 Å². The summed E-state index contributed by atoms with van der Waals surface area (Å²) in [5, 5.41) is 0. The third-order valence-corrected chi connectivity index (χ3v) is 5.91. The molecule has 1 heterocycles. The Balaban J connectivity index is 2.29. The van der Waals surface area contributed by atoms with Gasteiger partial charge in [-0.1, -0.05) is 0 Å². The van der Waals surface area contributed by atoms with E-state index in [1.807, 2.05) is 0 Å². The maximum absolute atomic E-state index is 12.6. The predicted octanol–water partition coefficient (Wildman–Crippen LogP) is 1.07. The molecule has 0 spiro atoms. The Labute approximate surface area is 127 Å². The summed E-state index contributed by atoms with van der Waals surface area (Å²) in [4.78, 5) is 0.199. The van der Waals surface area contributed by atoms with Gasteiger partial charge in [-0.25, -0.2) is 8.42 Å². The second-order valence-corrected chi connectivity index (χ2v) is 7.35. The lowest BCUT2D eigenvalue weighted by Crippen LogP contribution is -2.30. The Morgan fingerprint density at radius 1 is 1.25 bits per heavy atom. The number of ether oxygens (including phenoxy) is 2. The van der Waals surface area contributed by atoms with Crippen LogP contribution < -0.4 is 5.73 Å². The van der Waals surface area contributed by atoms with Gasteiger partial charge in [0.25, 0.3) is 0 Å². The molecule has 2 N–H and O–H groups in total. The lowest BCUT2D eigenvalue weighted by atomic mass is 10.3. The Morgan fingerprint density at radius 3 is 2.25 bits per heavy atom. The standard InChI is InChI=1S/C12H17BrN2O4S/c1-18-11-6-15(7-12(11)19-2)20(16,17)8-3-4-10(14)9(13)5-8/h3-5,11-12H,6-7,14H2,1-2H3. The number of methoxy groups -OCH3 is 2. The SMILES string of the molecule is COC1CN(S(=O)(=O)c2ccc(N)c(Br)c2)CC1OC. The number of nitrogens with zero attached hydrogens (tertiary/aromatic N) is 1. The first-order valence-corrected chi connectivity index (χ1v) is 8.24. The summed E-state index contributed by atoms with van der Waals surface area (Å²) in [6.07, 6.45) is -0.515. The molecule has 1 aliphatic rings. The highest BCUT2D eigenvalue weighted by Crippen LogP contribution is 2.28. The maximum atomic E-state index is 12.6. The minimum Gasteiger partial charge on any atom is -0.398 e. The molecule has 1 aromatic rings. The van der Waals surface area contributed by atoms with E-state index in [9.17, 15) is 8.42 Å². The summed E-state index contributed by atoms with van der Waals surface area (Å²) in [6, 6.07) is 4.57. The van der Waals surface area contributed by atoms with Crippen LogP contribution in [0, 0.1) is 0 Å². The van der Waals surface area contributed by atoms with Crippen molar-refractivity contribution in [3.63, 3.8) is 0 Å². The third kappa shape index (κ3) is 2.84. The van der Waals surface area contributed by atoms with Crippen molar-refractivity contribution in [3.8, 4) is 0 Å². The van der Waals surface area contributed by atoms with Gasteiger partial charge < -0.3 is 15.2 Å². The number of anilines is 1. The molecule has 0 saturated carbocycles. The summed E-state index contributed by atoms with van der Waals surface area (Å²) >= 11 is 3.24. The number of hydrogen-bond acceptors (Lipinski definition) is 5. The van der Waals surface area contributed by atoms with Crippen LogP contribution in [0.15, 0.2) is 27.6 Å². The first kappa shape index (κ1) is 15.7. The summed E-state index contributed by atoms with van der Waals surface area (Å²) in [6.45, 7) is 0.554. The highest BCUT2D eigenvalue weighted by atomic mass is 79.9. The summed E-state index contributed by atoms with van der Waals surface area (Å²) in [7, 11) is -0.480. The van der Waals surface area contributed by atoms with Crippen molar-refractivity contribution in [3.05, 3.63) is 22.7 Å². The zero-order chi connectivity index (χ0) is 14.9. The van der Waals surface area contributed by atoms with Gasteiger partial charge in [-0.3, -0.25) is 0 Å². The summed E-state index contributed by atoms with van der Waals surface area (Å²) in [5.74, 6) is 0. The maximum Gasteiger partial charge on any atom is 0.243 e. The average Bonchev–Trinajstić information content (AvgIpc) is 2.85. The number of benzene rings is 1. The van der Waals surface area contributed by atoms with Crippen LogP contribution in [-0.2, 0) is 19.5 Å². The van der Waals surface area contributed by atoms with Gasteiger partial charge in [-0.15, -0.1) is 0 Å². The quantitative estimate of drug-likeness (QED) is 0.808. The molecule has 0 aromatic heterocycles. The van der Waals surface area contributed by atoms with Crippen molar-refractivity contribution in [1.82, 2.24) is 4.31 Å². The lowest BCUT2D eigenvalue weighted by Gasteiger charge is -2.16. The second-order valence-electron chi connectivity index (χ2n) is 4.55. The van der Waals surface area contributed by atoms with E-state index in [1.54, 1.807) is 20.3 Å². The van der Waals surface area contributed by atoms with Crippen LogP contribution in [0.4, 0.5) is 5.69 Å². The number of hydrogen-bond donors (Lipinski definition) is 1. The van der Waals surface area contributed by atoms with E-state index in [4.69, 9.17) is 15.2 Å². The number of rotatable bonds is 4. The van der Waals surface area contributed by atoms with Crippen LogP contribution in [0.2, 0.25) is 0 Å². The molecule has 8 heteroatoms. The normalized spacial score (nSPS) is 24.1. The molecule has 0 radical (unpaired) electrons. The fraction of sp³-hybridized carbons (Fsp3) is 0.500. The minimum absolute atomic E-state index is 0.199. The van der Waals surface area contributed by atoms with Crippen LogP contribution in [-0.4, -0.2) is 52.2 Å². The second kappa shape index (κ2) is 5.98. The molecular formula is C12H17BrN2O4S. The molecular weight excluding hydrogens is 348 g/mol. The summed E-state index contributed by atoms with van der Waals surface area (Å²) < 4.78 is 37.6. The van der Waals surface area contributed by atoms with Crippen LogP contribution >= 0.6 is 15.9 Å². The largest absolute Gasteiger partial charge is 0.398 e. The lowest BCUT2D eigenvalue weighted by molar-refractivity contribution is -0.00461. The number of sulfonamides is 1. The molecule has 6 nitrogen and oxygen atoms in total. The van der Waals surface area contributed by atoms with Crippen molar-refractivity contribution >= 4 is 31.6 Å². The molecule has 0 amide bonds. The fourth-order valence-corrected chi connectivity index (χ4v) is 4.20. The number of nitrogen functional groups attached to an aromatic ring is 1. The van der Waals surface area contributed by atoms with Crippen molar-refractivity contribution in [2.45, 2.75) is 17.1 Å². The molecule has 2 atom stereocenters. The first-order valence-electron chi connectivity index (χ1n) is 6.01. The van der Waals surface area contributed by atoms with Crippen molar-refractivity contribution < 1.29 is 17.9 Å². The Kier molecular flexibility index (Phi) is 4.70. The fourth-order valence-electron chi connectivity index (χ4n) is 2.18. The Hall–Kier alpha value is -0.670. The van der Waals surface area contributed by atoms with Crippen molar-refractivity contribution in [2.24, 2.45) is 0 Å². The topological polar surface area (TPSA) is 81.9 Å². The van der Waals surface area contributed by atoms with E-state index in [0.29, 0.717) is 10.2 Å². The van der Waals surface area contributed by atoms with Gasteiger partial charge in [-0.05, 0) is 34.1 Å². The van der Waals surface area contributed by atoms with E-state index in [0.717, 1.165) is 0 Å². The molecule has 2 rings (SSSR count). The van der Waals surface area contributed by atoms with E-state index in [-0.39, 0.29) is 30.2 Å². The van der Waals surface area contributed by atoms with Crippen LogP contribution in [0.1, 0.15) is 0 Å². The third-order valence-electron chi connectivity index (χ3n) is 3.40. The molecule has 112 valence electrons. The van der Waals surface area contributed by atoms with E-state index >= 15 is 0 Å². The molecule has 1 saturated heterocycles. The highest BCUT2D eigenvalue weighted by Gasteiger charge is 2.39. The molecule has 1 aromatic carbocycles. The Bertz CT molecular complexity index is 581. The van der Waals surface area contributed by atoms with Gasteiger partial charge in [0.05, 0.1) is 17.1 Å². The highest BCUT2D eigenvalue weighted by molar-refractivity contribution is 9.10. The van der Waals surface area contributed by atoms with Gasteiger partial charge in [0, 0.05) is 37.5 Å². The predicted molar refractivity (Wildman–Crippen MR) is 78.9 cm³/mol. The van der Waals surface area contributed by atoms with Gasteiger partial charge in [0.1, 0.15) is 0 Å². The van der Waals surface area contributed by atoms with E-state index < -0.39 is 10.0 Å². The molecule has 1 fully saturated rings. The molecule has 0 aliphatic carbocycles. The number of halogens is 1. The zero-order valence-corrected chi connectivity index (χ0v) is 13.6. The van der Waals surface area contributed by atoms with Crippen molar-refractivity contribution in [2.75, 3.05) is 33.0 Å². The average molecular weight is 365 g/mol. The van der Waals surface area contributed by atoms with E-state index in [1.165, 1.54) is 16.4 Å². The Morgan fingerprint density at radius 2 is 1.80 bits per heavy atom. The van der Waals surface area contributed by atoms with Crippen molar-refractivity contribution in [1.29, 1.82) is 0 Å². The molecule has 0 bridgehead atoms. The van der Waals surface area contributed by atoms with Gasteiger partial charge >= 0.3 is 0 Å².